The van der Waals surface area contributed by atoms with E-state index in [1.165, 1.54) is 23.9 Å². The van der Waals surface area contributed by atoms with Crippen molar-refractivity contribution in [1.29, 1.82) is 0 Å². The molecule has 2 amide bonds. The van der Waals surface area contributed by atoms with E-state index >= 15 is 0 Å². The highest BCUT2D eigenvalue weighted by atomic mass is 16.5. The van der Waals surface area contributed by atoms with E-state index in [4.69, 9.17) is 4.74 Å². The SMILES string of the molecule is COc1ccccc1NC(=O)C(=O)NC[C@H](c1ccc2c(c1)CCN2C)N1CCCC1. The highest BCUT2D eigenvalue weighted by Gasteiger charge is 2.27. The number of rotatable bonds is 6. The summed E-state index contributed by atoms with van der Waals surface area (Å²) in [6.45, 7) is 3.44. The number of likely N-dealkylation sites (tertiary alicyclic amines) is 1. The number of benzene rings is 2. The van der Waals surface area contributed by atoms with Gasteiger partial charge in [0.05, 0.1) is 18.8 Å². The van der Waals surface area contributed by atoms with Gasteiger partial charge < -0.3 is 20.3 Å². The minimum atomic E-state index is -0.694. The summed E-state index contributed by atoms with van der Waals surface area (Å²) in [6.07, 6.45) is 3.36. The zero-order valence-electron chi connectivity index (χ0n) is 18.2. The molecule has 2 aromatic carbocycles. The number of para-hydroxylation sites is 2. The third-order valence-electron chi connectivity index (χ3n) is 6.21. The third kappa shape index (κ3) is 4.66. The van der Waals surface area contributed by atoms with Gasteiger partial charge in [-0.15, -0.1) is 0 Å². The third-order valence-corrected chi connectivity index (χ3v) is 6.21. The summed E-state index contributed by atoms with van der Waals surface area (Å²) in [7, 11) is 3.64. The van der Waals surface area contributed by atoms with E-state index in [-0.39, 0.29) is 6.04 Å². The van der Waals surface area contributed by atoms with Crippen LogP contribution in [-0.4, -0.2) is 57.1 Å². The van der Waals surface area contributed by atoms with Gasteiger partial charge >= 0.3 is 11.8 Å². The van der Waals surface area contributed by atoms with Crippen LogP contribution in [0.25, 0.3) is 0 Å². The highest BCUT2D eigenvalue weighted by Crippen LogP contribution is 2.32. The van der Waals surface area contributed by atoms with Crippen molar-refractivity contribution >= 4 is 23.2 Å². The topological polar surface area (TPSA) is 73.9 Å². The minimum absolute atomic E-state index is 0.0571. The molecule has 0 spiro atoms. The standard InChI is InChI=1S/C24H30N4O3/c1-27-14-11-18-15-17(9-10-20(18)27)21(28-12-5-6-13-28)16-25-23(29)24(30)26-19-7-3-4-8-22(19)31-2/h3-4,7-10,15,21H,5-6,11-14,16H2,1-2H3,(H,25,29)(H,26,30)/t21-/m1/s1. The Balaban J connectivity index is 1.44. The number of hydrogen-bond donors (Lipinski definition) is 2. The van der Waals surface area contributed by atoms with Crippen molar-refractivity contribution in [3.05, 3.63) is 53.6 Å². The van der Waals surface area contributed by atoms with Gasteiger partial charge in [-0.1, -0.05) is 24.3 Å². The first-order valence-corrected chi connectivity index (χ1v) is 10.9. The minimum Gasteiger partial charge on any atom is -0.495 e. The summed E-state index contributed by atoms with van der Waals surface area (Å²) in [5, 5.41) is 5.49. The Kier molecular flexibility index (Phi) is 6.42. The molecule has 1 atom stereocenters. The Morgan fingerprint density at radius 1 is 1.06 bits per heavy atom. The van der Waals surface area contributed by atoms with Gasteiger partial charge in [-0.05, 0) is 61.7 Å². The number of carbonyl (C=O) groups excluding carboxylic acids is 2. The second-order valence-electron chi connectivity index (χ2n) is 8.18. The van der Waals surface area contributed by atoms with Crippen LogP contribution in [0.15, 0.2) is 42.5 Å². The van der Waals surface area contributed by atoms with Gasteiger partial charge in [0.15, 0.2) is 0 Å². The smallest absolute Gasteiger partial charge is 0.313 e. The highest BCUT2D eigenvalue weighted by molar-refractivity contribution is 6.39. The molecule has 0 aromatic heterocycles. The molecule has 0 aliphatic carbocycles. The predicted molar refractivity (Wildman–Crippen MR) is 122 cm³/mol. The number of carbonyl (C=O) groups is 2. The summed E-state index contributed by atoms with van der Waals surface area (Å²) >= 11 is 0. The van der Waals surface area contributed by atoms with Crippen LogP contribution in [0.5, 0.6) is 5.75 Å². The Morgan fingerprint density at radius 3 is 2.61 bits per heavy atom. The largest absolute Gasteiger partial charge is 0.495 e. The van der Waals surface area contributed by atoms with E-state index in [1.54, 1.807) is 18.2 Å². The lowest BCUT2D eigenvalue weighted by molar-refractivity contribution is -0.136. The van der Waals surface area contributed by atoms with E-state index in [0.29, 0.717) is 18.0 Å². The Bertz CT molecular complexity index is 956. The molecule has 31 heavy (non-hydrogen) atoms. The van der Waals surface area contributed by atoms with E-state index in [1.807, 2.05) is 6.07 Å². The second-order valence-corrected chi connectivity index (χ2v) is 8.18. The maximum Gasteiger partial charge on any atom is 0.313 e. The summed E-state index contributed by atoms with van der Waals surface area (Å²) in [4.78, 5) is 29.7. The molecule has 2 heterocycles. The Morgan fingerprint density at radius 2 is 1.84 bits per heavy atom. The fraction of sp³-hybridized carbons (Fsp3) is 0.417. The number of methoxy groups -OCH3 is 1. The van der Waals surface area contributed by atoms with Crippen molar-refractivity contribution in [1.82, 2.24) is 10.2 Å². The Labute approximate surface area is 183 Å². The maximum absolute atomic E-state index is 12.5. The zero-order chi connectivity index (χ0) is 21.8. The van der Waals surface area contributed by atoms with E-state index in [0.717, 1.165) is 38.9 Å². The van der Waals surface area contributed by atoms with Gasteiger partial charge in [-0.2, -0.15) is 0 Å². The van der Waals surface area contributed by atoms with Crippen molar-refractivity contribution in [3.8, 4) is 5.75 Å². The van der Waals surface area contributed by atoms with Gasteiger partial charge in [-0.3, -0.25) is 14.5 Å². The molecule has 7 nitrogen and oxygen atoms in total. The second kappa shape index (κ2) is 9.39. The van der Waals surface area contributed by atoms with Crippen molar-refractivity contribution < 1.29 is 14.3 Å². The van der Waals surface area contributed by atoms with Gasteiger partial charge in [-0.25, -0.2) is 0 Å². The van der Waals surface area contributed by atoms with Gasteiger partial charge in [0, 0.05) is 25.8 Å². The van der Waals surface area contributed by atoms with Crippen molar-refractivity contribution in [2.45, 2.75) is 25.3 Å². The number of hydrogen-bond acceptors (Lipinski definition) is 5. The van der Waals surface area contributed by atoms with Crippen LogP contribution >= 0.6 is 0 Å². The molecule has 1 saturated heterocycles. The first kappa shape index (κ1) is 21.2. The number of fused-ring (bicyclic) bond motifs is 1. The monoisotopic (exact) mass is 422 g/mol. The molecule has 0 saturated carbocycles. The first-order chi connectivity index (χ1) is 15.1. The quantitative estimate of drug-likeness (QED) is 0.700. The zero-order valence-corrected chi connectivity index (χ0v) is 18.2. The molecular weight excluding hydrogens is 392 g/mol. The lowest BCUT2D eigenvalue weighted by atomic mass is 10.0. The summed E-state index contributed by atoms with van der Waals surface area (Å²) < 4.78 is 5.24. The molecule has 164 valence electrons. The van der Waals surface area contributed by atoms with Gasteiger partial charge in [0.25, 0.3) is 0 Å². The number of amides is 2. The molecular formula is C24H30N4O3. The van der Waals surface area contributed by atoms with Crippen LogP contribution < -0.4 is 20.3 Å². The van der Waals surface area contributed by atoms with Crippen molar-refractivity contribution in [3.63, 3.8) is 0 Å². The van der Waals surface area contributed by atoms with Crippen LogP contribution in [0.1, 0.15) is 30.0 Å². The van der Waals surface area contributed by atoms with E-state index in [9.17, 15) is 9.59 Å². The van der Waals surface area contributed by atoms with Gasteiger partial charge in [0.1, 0.15) is 5.75 Å². The molecule has 2 N–H and O–H groups in total. The van der Waals surface area contributed by atoms with Crippen LogP contribution in [0.2, 0.25) is 0 Å². The molecule has 7 heteroatoms. The number of nitrogens with zero attached hydrogens (tertiary/aromatic N) is 2. The van der Waals surface area contributed by atoms with Crippen molar-refractivity contribution in [2.24, 2.45) is 0 Å². The molecule has 0 bridgehead atoms. The first-order valence-electron chi connectivity index (χ1n) is 10.9. The van der Waals surface area contributed by atoms with Crippen molar-refractivity contribution in [2.75, 3.05) is 50.6 Å². The number of ether oxygens (including phenoxy) is 1. The fourth-order valence-corrected chi connectivity index (χ4v) is 4.50. The van der Waals surface area contributed by atoms with Crippen LogP contribution in [0, 0.1) is 0 Å². The molecule has 2 aliphatic rings. The average molecular weight is 423 g/mol. The average Bonchev–Trinajstić information content (AvgIpc) is 3.44. The normalized spacial score (nSPS) is 16.6. The van der Waals surface area contributed by atoms with Crippen LogP contribution in [0.4, 0.5) is 11.4 Å². The number of nitrogens with one attached hydrogen (secondary N) is 2. The van der Waals surface area contributed by atoms with Gasteiger partial charge in [0.2, 0.25) is 0 Å². The van der Waals surface area contributed by atoms with Crippen LogP contribution in [0.3, 0.4) is 0 Å². The molecule has 2 aliphatic heterocycles. The fourth-order valence-electron chi connectivity index (χ4n) is 4.50. The van der Waals surface area contributed by atoms with Crippen LogP contribution in [-0.2, 0) is 16.0 Å². The molecule has 4 rings (SSSR count). The van der Waals surface area contributed by atoms with E-state index in [2.05, 4.69) is 45.7 Å². The Hall–Kier alpha value is -3.06. The molecule has 2 aromatic rings. The molecule has 0 radical (unpaired) electrons. The molecule has 0 unspecified atom stereocenters. The summed E-state index contributed by atoms with van der Waals surface area (Å²) in [5.41, 5.74) is 4.30. The number of anilines is 2. The molecule has 1 fully saturated rings. The predicted octanol–water partition coefficient (Wildman–Crippen LogP) is 2.58. The summed E-state index contributed by atoms with van der Waals surface area (Å²) in [5.74, 6) is -0.821. The maximum atomic E-state index is 12.5. The van der Waals surface area contributed by atoms with E-state index < -0.39 is 11.8 Å². The number of likely N-dealkylation sites (N-methyl/N-ethyl adjacent to an activating group) is 1. The lowest BCUT2D eigenvalue weighted by Crippen LogP contribution is -2.41. The summed E-state index contributed by atoms with van der Waals surface area (Å²) in [6, 6.07) is 13.7. The lowest BCUT2D eigenvalue weighted by Gasteiger charge is -2.28.